The molecule has 0 saturated carbocycles. The predicted octanol–water partition coefficient (Wildman–Crippen LogP) is 23.0. The molecule has 0 aliphatic heterocycles. The summed E-state index contributed by atoms with van der Waals surface area (Å²) in [5.74, 6) is 0. The molecule has 0 heterocycles. The highest BCUT2D eigenvalue weighted by Crippen LogP contribution is 2.57. The fraction of sp³-hybridized carbons (Fsp3) is 0. The number of rotatable bonds is 10. The molecule has 382 valence electrons. The van der Waals surface area contributed by atoms with E-state index in [1.165, 1.54) is 154 Å². The van der Waals surface area contributed by atoms with E-state index < -0.39 is 0 Å². The Kier molecular flexibility index (Phi) is 12.3. The van der Waals surface area contributed by atoms with Gasteiger partial charge in [0, 0.05) is 0 Å². The maximum absolute atomic E-state index is 2.57. The summed E-state index contributed by atoms with van der Waals surface area (Å²) in [5, 5.41) is 9.57. The molecule has 0 aliphatic rings. The van der Waals surface area contributed by atoms with Gasteiger partial charge in [-0.1, -0.05) is 303 Å². The summed E-state index contributed by atoms with van der Waals surface area (Å²) in [7, 11) is 0. The second kappa shape index (κ2) is 20.9. The van der Waals surface area contributed by atoms with Crippen molar-refractivity contribution >= 4 is 43.1 Å². The average molecular weight is 1040 g/mol. The van der Waals surface area contributed by atoms with Crippen molar-refractivity contribution in [2.24, 2.45) is 0 Å². The van der Waals surface area contributed by atoms with Crippen LogP contribution < -0.4 is 0 Å². The number of benzene rings is 15. The van der Waals surface area contributed by atoms with Crippen LogP contribution in [0.5, 0.6) is 0 Å². The summed E-state index contributed by atoms with van der Waals surface area (Å²) in [6.45, 7) is 0. The largest absolute Gasteiger partial charge is 0.0622 e. The molecule has 0 aliphatic carbocycles. The van der Waals surface area contributed by atoms with Crippen LogP contribution in [-0.4, -0.2) is 0 Å². The number of hydrogen-bond donors (Lipinski definition) is 0. The molecule has 0 bridgehead atoms. The van der Waals surface area contributed by atoms with Gasteiger partial charge in [0.25, 0.3) is 0 Å². The van der Waals surface area contributed by atoms with Gasteiger partial charge >= 0.3 is 0 Å². The van der Waals surface area contributed by atoms with Crippen LogP contribution in [0.2, 0.25) is 0 Å². The topological polar surface area (TPSA) is 0 Å². The van der Waals surface area contributed by atoms with Gasteiger partial charge in [-0.25, -0.2) is 0 Å². The van der Waals surface area contributed by atoms with Crippen molar-refractivity contribution in [3.8, 4) is 111 Å². The summed E-state index contributed by atoms with van der Waals surface area (Å²) >= 11 is 0. The van der Waals surface area contributed by atoms with Crippen molar-refractivity contribution in [3.05, 3.63) is 328 Å². The summed E-state index contributed by atoms with van der Waals surface area (Å²) in [6.07, 6.45) is 0. The smallest absolute Gasteiger partial charge is 0.00141 e. The quantitative estimate of drug-likeness (QED) is 0.120. The van der Waals surface area contributed by atoms with Crippen molar-refractivity contribution in [1.82, 2.24) is 0 Å². The van der Waals surface area contributed by atoms with Crippen molar-refractivity contribution in [3.63, 3.8) is 0 Å². The van der Waals surface area contributed by atoms with Crippen LogP contribution >= 0.6 is 0 Å². The van der Waals surface area contributed by atoms with Crippen molar-refractivity contribution in [2.45, 2.75) is 0 Å². The first-order chi connectivity index (χ1) is 40.8. The van der Waals surface area contributed by atoms with Crippen LogP contribution in [0.15, 0.2) is 328 Å². The van der Waals surface area contributed by atoms with E-state index in [4.69, 9.17) is 0 Å². The molecule has 0 heteroatoms. The molecule has 0 unspecified atom stereocenters. The van der Waals surface area contributed by atoms with E-state index in [1.807, 2.05) is 0 Å². The Bertz CT molecular complexity index is 4210. The predicted molar refractivity (Wildman–Crippen MR) is 351 cm³/mol. The lowest BCUT2D eigenvalue weighted by molar-refractivity contribution is 1.57. The molecule has 15 aromatic carbocycles. The fourth-order valence-corrected chi connectivity index (χ4v) is 13.2. The zero-order chi connectivity index (χ0) is 54.3. The van der Waals surface area contributed by atoms with Crippen molar-refractivity contribution < 1.29 is 0 Å². The molecule has 0 aromatic heterocycles. The highest BCUT2D eigenvalue weighted by Gasteiger charge is 2.29. The van der Waals surface area contributed by atoms with Gasteiger partial charge in [0.05, 0.1) is 0 Å². The Balaban J connectivity index is 1.24. The third-order valence-corrected chi connectivity index (χ3v) is 16.6. The lowest BCUT2D eigenvalue weighted by Crippen LogP contribution is -2.00. The van der Waals surface area contributed by atoms with E-state index in [-0.39, 0.29) is 0 Å². The molecule has 0 fully saturated rings. The molecule has 0 spiro atoms. The molecule has 0 N–H and O–H groups in total. The Hall–Kier alpha value is -10.7. The Morgan fingerprint density at radius 2 is 0.207 bits per heavy atom. The molecule has 82 heavy (non-hydrogen) atoms. The standard InChI is InChI=1S/C82H54/c1-11-31-55(32-12-1)73-65-51-69-71(77(59-39-19-5-20-40-59)81(63-47-27-9-28-48-63)79(61-43-23-7-24-44-61)75(69)57-35-15-3-16-36-57)53-67(65)74(56-33-13-2-14-34-56)68-54-72-70(52-66(68)73)76(58-37-17-4-18-38-58)80(62-45-25-8-26-46-62)82(64-49-29-10-30-50-64)78(72)60-41-21-6-22-42-60/h1-54H. The van der Waals surface area contributed by atoms with Crippen LogP contribution in [0, 0.1) is 0 Å². The van der Waals surface area contributed by atoms with Crippen LogP contribution in [0.3, 0.4) is 0 Å². The zero-order valence-electron chi connectivity index (χ0n) is 45.2. The second-order valence-corrected chi connectivity index (χ2v) is 21.3. The highest BCUT2D eigenvalue weighted by atomic mass is 14.3. The van der Waals surface area contributed by atoms with E-state index in [0.29, 0.717) is 0 Å². The van der Waals surface area contributed by atoms with E-state index in [2.05, 4.69) is 328 Å². The molecule has 15 rings (SSSR count). The summed E-state index contributed by atoms with van der Waals surface area (Å²) in [5.41, 5.74) is 23.8. The van der Waals surface area contributed by atoms with Gasteiger partial charge in [-0.2, -0.15) is 0 Å². The van der Waals surface area contributed by atoms with E-state index in [0.717, 1.165) is 0 Å². The van der Waals surface area contributed by atoms with Crippen molar-refractivity contribution in [1.29, 1.82) is 0 Å². The average Bonchev–Trinajstić information content (AvgIpc) is 1.99. The van der Waals surface area contributed by atoms with Crippen LogP contribution in [0.1, 0.15) is 0 Å². The zero-order valence-corrected chi connectivity index (χ0v) is 45.2. The monoisotopic (exact) mass is 1040 g/mol. The second-order valence-electron chi connectivity index (χ2n) is 21.3. The van der Waals surface area contributed by atoms with Gasteiger partial charge in [-0.15, -0.1) is 0 Å². The summed E-state index contributed by atoms with van der Waals surface area (Å²) < 4.78 is 0. The summed E-state index contributed by atoms with van der Waals surface area (Å²) in [4.78, 5) is 0. The summed E-state index contributed by atoms with van der Waals surface area (Å²) in [6, 6.07) is 121. The maximum Gasteiger partial charge on any atom is -0.00141 e. The van der Waals surface area contributed by atoms with E-state index in [9.17, 15) is 0 Å². The van der Waals surface area contributed by atoms with Gasteiger partial charge in [0.15, 0.2) is 0 Å². The fourth-order valence-electron chi connectivity index (χ4n) is 13.2. The molecule has 0 amide bonds. The van der Waals surface area contributed by atoms with Gasteiger partial charge in [0.2, 0.25) is 0 Å². The molecule has 0 atom stereocenters. The number of fused-ring (bicyclic) bond motifs is 4. The van der Waals surface area contributed by atoms with Crippen LogP contribution in [0.25, 0.3) is 154 Å². The molecule has 0 nitrogen and oxygen atoms in total. The maximum atomic E-state index is 2.57. The van der Waals surface area contributed by atoms with E-state index in [1.54, 1.807) is 0 Å². The lowest BCUT2D eigenvalue weighted by Gasteiger charge is -2.27. The Morgan fingerprint density at radius 1 is 0.0976 bits per heavy atom. The van der Waals surface area contributed by atoms with Gasteiger partial charge in [0.1, 0.15) is 0 Å². The minimum absolute atomic E-state index is 1.17. The van der Waals surface area contributed by atoms with Crippen molar-refractivity contribution in [2.75, 3.05) is 0 Å². The van der Waals surface area contributed by atoms with E-state index >= 15 is 0 Å². The lowest BCUT2D eigenvalue weighted by atomic mass is 9.76. The highest BCUT2D eigenvalue weighted by molar-refractivity contribution is 6.31. The van der Waals surface area contributed by atoms with Crippen LogP contribution in [0.4, 0.5) is 0 Å². The third-order valence-electron chi connectivity index (χ3n) is 16.6. The first-order valence-electron chi connectivity index (χ1n) is 28.4. The van der Waals surface area contributed by atoms with Gasteiger partial charge < -0.3 is 0 Å². The molecular weight excluding hydrogens is 985 g/mol. The number of hydrogen-bond acceptors (Lipinski definition) is 0. The van der Waals surface area contributed by atoms with Gasteiger partial charge in [-0.05, 0) is 179 Å². The van der Waals surface area contributed by atoms with Crippen LogP contribution in [-0.2, 0) is 0 Å². The molecule has 0 radical (unpaired) electrons. The third kappa shape index (κ3) is 8.32. The Labute approximate surface area is 479 Å². The molecule has 0 saturated heterocycles. The SMILES string of the molecule is c1ccc(-c2c(-c3ccccc3)c(-c3ccccc3)c3cc4c(-c5ccccc5)c5cc6c(-c7ccccc7)c(-c7ccccc7)c(-c7ccccc7)c(-c7ccccc7)c6cc5c(-c5ccccc5)c4cc3c2-c2ccccc2)cc1. The Morgan fingerprint density at radius 3 is 0.354 bits per heavy atom. The first-order valence-corrected chi connectivity index (χ1v) is 28.4. The minimum Gasteiger partial charge on any atom is -0.0622 e. The molecular formula is C82H54. The molecule has 15 aromatic rings. The first kappa shape index (κ1) is 48.5. The van der Waals surface area contributed by atoms with Gasteiger partial charge in [-0.3, -0.25) is 0 Å². The normalized spacial score (nSPS) is 11.4. The minimum atomic E-state index is 1.17.